The Morgan fingerprint density at radius 3 is 2.25 bits per heavy atom. The summed E-state index contributed by atoms with van der Waals surface area (Å²) in [6, 6.07) is 30.0. The van der Waals surface area contributed by atoms with E-state index in [4.69, 9.17) is 14.2 Å². The van der Waals surface area contributed by atoms with Crippen LogP contribution in [0.2, 0.25) is 18.6 Å². The normalized spacial score (nSPS) is 29.7. The Bertz CT molecular complexity index is 2280. The molecule has 0 unspecified atom stereocenters. The topological polar surface area (TPSA) is 199 Å². The molecule has 2 saturated heterocycles. The summed E-state index contributed by atoms with van der Waals surface area (Å²) in [5.74, 6) is -0.817. The van der Waals surface area contributed by atoms with Gasteiger partial charge in [-0.3, -0.25) is 14.4 Å². The van der Waals surface area contributed by atoms with Gasteiger partial charge in [0.2, 0.25) is 5.91 Å². The van der Waals surface area contributed by atoms with Crippen LogP contribution in [0.15, 0.2) is 97.1 Å². The molecule has 61 heavy (non-hydrogen) atoms. The van der Waals surface area contributed by atoms with Crippen molar-refractivity contribution in [1.82, 2.24) is 4.90 Å². The Morgan fingerprint density at radius 2 is 1.56 bits per heavy atom. The highest BCUT2D eigenvalue weighted by Gasteiger charge is 2.66. The van der Waals surface area contributed by atoms with Gasteiger partial charge < -0.3 is 54.9 Å². The molecule has 4 heterocycles. The SMILES string of the molecule is COc1ccc([Si](C)(C)[C@@H]2[C@@H](CC(=O)N3Cc4ccccc4C[C@H]3CO)O[C@]3(C(=O)N(Cc4ccc(NC(=O)[C@H]5O[C@@H](O)[C@H](O)[C@@H](O)[C@@H]5O)cc4)c4ccccc43)[C@H]2C)cc1. The second-order valence-corrected chi connectivity index (χ2v) is 21.9. The van der Waals surface area contributed by atoms with Crippen LogP contribution in [-0.4, -0.2) is 113 Å². The lowest BCUT2D eigenvalue weighted by atomic mass is 9.82. The van der Waals surface area contributed by atoms with E-state index in [-0.39, 0.29) is 48.9 Å². The second kappa shape index (κ2) is 16.7. The first-order valence-electron chi connectivity index (χ1n) is 20.7. The molecule has 15 heteroatoms. The van der Waals surface area contributed by atoms with E-state index in [2.05, 4.69) is 37.5 Å². The standard InChI is InChI=1S/C46H53N3O11Si/c1-26-42(61(3,4)33-19-17-32(58-2)18-20-33)36(22-37(51)48-24-29-10-6-5-9-28(29)21-31(48)25-50)60-46(26)34-11-7-8-12-35(34)49(45(46)57)23-27-13-15-30(16-14-27)47-43(55)41-39(53)38(52)40(54)44(56)59-41/h5-20,26,31,36,38-42,44,50,52-54,56H,21-25H2,1-4H3,(H,47,55)/t26-,31-,36+,38-,39-,40+,41-,42-,44+,46+/m0/s1. The van der Waals surface area contributed by atoms with E-state index in [1.54, 1.807) is 41.2 Å². The number of para-hydroxylation sites is 1. The van der Waals surface area contributed by atoms with Crippen LogP contribution in [0, 0.1) is 5.92 Å². The smallest absolute Gasteiger partial charge is 0.264 e. The highest BCUT2D eigenvalue weighted by atomic mass is 28.3. The fourth-order valence-corrected chi connectivity index (χ4v) is 14.1. The number of nitrogens with one attached hydrogen (secondary N) is 1. The number of fused-ring (bicyclic) bond motifs is 3. The van der Waals surface area contributed by atoms with Crippen LogP contribution in [0.5, 0.6) is 5.75 Å². The van der Waals surface area contributed by atoms with Gasteiger partial charge in [0.05, 0.1) is 52.6 Å². The van der Waals surface area contributed by atoms with Gasteiger partial charge in [0.1, 0.15) is 24.1 Å². The lowest BCUT2D eigenvalue weighted by Crippen LogP contribution is -2.60. The van der Waals surface area contributed by atoms with Crippen molar-refractivity contribution in [3.8, 4) is 5.75 Å². The van der Waals surface area contributed by atoms with Crippen molar-refractivity contribution in [1.29, 1.82) is 0 Å². The lowest BCUT2D eigenvalue weighted by Gasteiger charge is -2.39. The highest BCUT2D eigenvalue weighted by molar-refractivity contribution is 6.91. The van der Waals surface area contributed by atoms with E-state index in [0.717, 1.165) is 33.2 Å². The Kier molecular flexibility index (Phi) is 11.7. The van der Waals surface area contributed by atoms with Crippen molar-refractivity contribution in [2.24, 2.45) is 5.92 Å². The van der Waals surface area contributed by atoms with Crippen molar-refractivity contribution >= 4 is 42.4 Å². The summed E-state index contributed by atoms with van der Waals surface area (Å²) in [6.07, 6.45) is -8.87. The van der Waals surface area contributed by atoms with Crippen LogP contribution in [-0.2, 0) is 49.0 Å². The van der Waals surface area contributed by atoms with Gasteiger partial charge in [-0.1, -0.05) is 91.9 Å². The number of amides is 3. The summed E-state index contributed by atoms with van der Waals surface area (Å²) in [6.45, 7) is 6.97. The van der Waals surface area contributed by atoms with Crippen LogP contribution in [0.25, 0.3) is 0 Å². The highest BCUT2D eigenvalue weighted by Crippen LogP contribution is 2.60. The van der Waals surface area contributed by atoms with Gasteiger partial charge >= 0.3 is 0 Å². The second-order valence-electron chi connectivity index (χ2n) is 17.2. The molecule has 4 aliphatic heterocycles. The molecule has 0 aliphatic carbocycles. The first kappa shape index (κ1) is 42.7. The third-order valence-corrected chi connectivity index (χ3v) is 17.8. The fourth-order valence-electron chi connectivity index (χ4n) is 10.1. The van der Waals surface area contributed by atoms with E-state index >= 15 is 4.79 Å². The first-order chi connectivity index (χ1) is 29.2. The van der Waals surface area contributed by atoms with Crippen LogP contribution in [0.4, 0.5) is 11.4 Å². The number of rotatable bonds is 10. The van der Waals surface area contributed by atoms with E-state index in [1.807, 2.05) is 60.7 Å². The molecule has 0 bridgehead atoms. The number of benzene rings is 4. The summed E-state index contributed by atoms with van der Waals surface area (Å²) < 4.78 is 17.8. The molecule has 3 amide bonds. The minimum Gasteiger partial charge on any atom is -0.497 e. The van der Waals surface area contributed by atoms with Gasteiger partial charge in [0.25, 0.3) is 11.8 Å². The maximum atomic E-state index is 15.3. The maximum absolute atomic E-state index is 15.3. The Balaban J connectivity index is 1.08. The summed E-state index contributed by atoms with van der Waals surface area (Å²) >= 11 is 0. The summed E-state index contributed by atoms with van der Waals surface area (Å²) in [5, 5.41) is 54.3. The number of nitrogens with zero attached hydrogens (tertiary/aromatic N) is 2. The van der Waals surface area contributed by atoms with Gasteiger partial charge in [0, 0.05) is 23.7 Å². The zero-order valence-corrected chi connectivity index (χ0v) is 35.5. The van der Waals surface area contributed by atoms with Crippen LogP contribution in [0.3, 0.4) is 0 Å². The molecule has 4 aromatic carbocycles. The lowest BCUT2D eigenvalue weighted by molar-refractivity contribution is -0.274. The Labute approximate surface area is 355 Å². The zero-order chi connectivity index (χ0) is 43.4. The van der Waals surface area contributed by atoms with Gasteiger partial charge in [-0.05, 0) is 59.0 Å². The quantitative estimate of drug-likeness (QED) is 0.128. The number of anilines is 2. The Morgan fingerprint density at radius 1 is 0.885 bits per heavy atom. The van der Waals surface area contributed by atoms with Crippen molar-refractivity contribution < 1.29 is 54.1 Å². The molecule has 0 aromatic heterocycles. The average Bonchev–Trinajstić information content (AvgIpc) is 3.69. The molecule has 2 fully saturated rings. The summed E-state index contributed by atoms with van der Waals surface area (Å²) in [7, 11) is -0.940. The maximum Gasteiger partial charge on any atom is 0.264 e. The van der Waals surface area contributed by atoms with Crippen molar-refractivity contribution in [2.45, 2.75) is 99.9 Å². The van der Waals surface area contributed by atoms with Gasteiger partial charge in [-0.2, -0.15) is 0 Å². The van der Waals surface area contributed by atoms with Crippen molar-refractivity contribution in [3.05, 3.63) is 119 Å². The number of hydrogen-bond donors (Lipinski definition) is 6. The molecule has 8 rings (SSSR count). The van der Waals surface area contributed by atoms with Crippen molar-refractivity contribution in [2.75, 3.05) is 23.9 Å². The van der Waals surface area contributed by atoms with E-state index in [1.165, 1.54) is 0 Å². The average molecular weight is 852 g/mol. The number of carbonyl (C=O) groups excluding carboxylic acids is 3. The molecule has 1 spiro atoms. The predicted molar refractivity (Wildman–Crippen MR) is 227 cm³/mol. The molecular weight excluding hydrogens is 799 g/mol. The van der Waals surface area contributed by atoms with E-state index in [9.17, 15) is 35.1 Å². The largest absolute Gasteiger partial charge is 0.497 e. The van der Waals surface area contributed by atoms with Gasteiger partial charge in [-0.15, -0.1) is 0 Å². The minimum atomic E-state index is -2.57. The number of methoxy groups -OCH3 is 1. The van der Waals surface area contributed by atoms with Crippen LogP contribution < -0.4 is 20.1 Å². The molecule has 0 saturated carbocycles. The molecule has 10 atom stereocenters. The summed E-state index contributed by atoms with van der Waals surface area (Å²) in [4.78, 5) is 46.3. The van der Waals surface area contributed by atoms with E-state index in [0.29, 0.717) is 24.3 Å². The zero-order valence-electron chi connectivity index (χ0n) is 34.5. The molecule has 0 radical (unpaired) electrons. The van der Waals surface area contributed by atoms with Gasteiger partial charge in [-0.25, -0.2) is 0 Å². The number of carbonyl (C=O) groups is 3. The number of aliphatic hydroxyl groups is 5. The van der Waals surface area contributed by atoms with Crippen LogP contribution >= 0.6 is 0 Å². The third kappa shape index (κ3) is 7.46. The number of ether oxygens (including phenoxy) is 3. The molecular formula is C46H53N3O11Si. The minimum absolute atomic E-state index is 0.0338. The summed E-state index contributed by atoms with van der Waals surface area (Å²) in [5.41, 5.74) is 3.08. The molecule has 6 N–H and O–H groups in total. The Hall–Kier alpha value is -4.97. The number of aliphatic hydroxyl groups excluding tert-OH is 5. The molecule has 14 nitrogen and oxygen atoms in total. The predicted octanol–water partition coefficient (Wildman–Crippen LogP) is 2.53. The molecule has 4 aromatic rings. The van der Waals surface area contributed by atoms with Crippen molar-refractivity contribution in [3.63, 3.8) is 0 Å². The van der Waals surface area contributed by atoms with Crippen LogP contribution in [0.1, 0.15) is 35.6 Å². The monoisotopic (exact) mass is 851 g/mol. The third-order valence-electron chi connectivity index (χ3n) is 13.4. The fraction of sp³-hybridized carbons (Fsp3) is 0.413. The molecule has 322 valence electrons. The first-order valence-corrected chi connectivity index (χ1v) is 23.8. The van der Waals surface area contributed by atoms with Gasteiger partial charge in [0.15, 0.2) is 18.0 Å². The number of hydrogen-bond acceptors (Lipinski definition) is 11. The molecule has 4 aliphatic rings. The van der Waals surface area contributed by atoms with E-state index < -0.39 is 56.4 Å².